The van der Waals surface area contributed by atoms with Crippen molar-refractivity contribution in [3.8, 4) is 0 Å². The first kappa shape index (κ1) is 13.9. The molecular formula is C16H26N2O2. The fourth-order valence-electron chi connectivity index (χ4n) is 4.07. The summed E-state index contributed by atoms with van der Waals surface area (Å²) in [7, 11) is 0. The van der Waals surface area contributed by atoms with E-state index in [0.29, 0.717) is 12.3 Å². The minimum absolute atomic E-state index is 0.0806. The van der Waals surface area contributed by atoms with Crippen molar-refractivity contribution in [2.24, 2.45) is 5.92 Å². The number of nitrogens with zero attached hydrogens (tertiary/aromatic N) is 1. The second-order valence-corrected chi connectivity index (χ2v) is 6.86. The van der Waals surface area contributed by atoms with Crippen molar-refractivity contribution >= 4 is 11.8 Å². The number of amides is 2. The lowest BCUT2D eigenvalue weighted by molar-refractivity contribution is -0.162. The highest BCUT2D eigenvalue weighted by Gasteiger charge is 2.58. The van der Waals surface area contributed by atoms with Crippen molar-refractivity contribution < 1.29 is 9.59 Å². The zero-order valence-electron chi connectivity index (χ0n) is 12.7. The van der Waals surface area contributed by atoms with Gasteiger partial charge in [0.25, 0.3) is 0 Å². The van der Waals surface area contributed by atoms with Crippen LogP contribution in [0.25, 0.3) is 0 Å². The molecule has 2 unspecified atom stereocenters. The van der Waals surface area contributed by atoms with Gasteiger partial charge < -0.3 is 10.2 Å². The number of nitrogens with one attached hydrogen (secondary N) is 1. The van der Waals surface area contributed by atoms with Crippen LogP contribution in [0, 0.1) is 5.92 Å². The summed E-state index contributed by atoms with van der Waals surface area (Å²) in [6, 6.07) is -0.0294. The van der Waals surface area contributed by atoms with Gasteiger partial charge in [-0.3, -0.25) is 9.59 Å². The van der Waals surface area contributed by atoms with Crippen LogP contribution in [0.3, 0.4) is 0 Å². The fraction of sp³-hybridized carbons (Fsp3) is 0.875. The smallest absolute Gasteiger partial charge is 0.246 e. The van der Waals surface area contributed by atoms with Gasteiger partial charge in [0.15, 0.2) is 0 Å². The van der Waals surface area contributed by atoms with Crippen molar-refractivity contribution in [2.75, 3.05) is 0 Å². The van der Waals surface area contributed by atoms with Crippen molar-refractivity contribution in [1.29, 1.82) is 0 Å². The van der Waals surface area contributed by atoms with Gasteiger partial charge in [-0.25, -0.2) is 0 Å². The van der Waals surface area contributed by atoms with E-state index in [1.54, 1.807) is 0 Å². The Kier molecular flexibility index (Phi) is 3.51. The van der Waals surface area contributed by atoms with Crippen molar-refractivity contribution in [2.45, 2.75) is 82.8 Å². The van der Waals surface area contributed by atoms with Gasteiger partial charge in [0.1, 0.15) is 11.6 Å². The maximum absolute atomic E-state index is 12.9. The Hall–Kier alpha value is -1.06. The van der Waals surface area contributed by atoms with Crippen LogP contribution >= 0.6 is 0 Å². The molecule has 20 heavy (non-hydrogen) atoms. The van der Waals surface area contributed by atoms with Gasteiger partial charge in [0, 0.05) is 6.04 Å². The van der Waals surface area contributed by atoms with Crippen LogP contribution in [0.2, 0.25) is 0 Å². The normalized spacial score (nSPS) is 36.1. The van der Waals surface area contributed by atoms with Crippen molar-refractivity contribution in [3.05, 3.63) is 0 Å². The molecule has 3 rings (SSSR count). The number of hydrogen-bond donors (Lipinski definition) is 1. The highest BCUT2D eigenvalue weighted by atomic mass is 16.2. The summed E-state index contributed by atoms with van der Waals surface area (Å²) >= 11 is 0. The maximum atomic E-state index is 12.9. The molecule has 4 heteroatoms. The molecule has 2 atom stereocenters. The lowest BCUT2D eigenvalue weighted by Crippen LogP contribution is -2.72. The summed E-state index contributed by atoms with van der Waals surface area (Å²) in [5.74, 6) is 0.608. The second-order valence-electron chi connectivity index (χ2n) is 6.86. The molecule has 0 aromatic heterocycles. The molecule has 3 fully saturated rings. The van der Waals surface area contributed by atoms with E-state index in [4.69, 9.17) is 0 Å². The number of carbonyl (C=O) groups excluding carboxylic acids is 2. The van der Waals surface area contributed by atoms with Crippen molar-refractivity contribution in [1.82, 2.24) is 10.2 Å². The van der Waals surface area contributed by atoms with Gasteiger partial charge in [0.2, 0.25) is 11.8 Å². The van der Waals surface area contributed by atoms with E-state index in [2.05, 4.69) is 5.32 Å². The molecule has 1 saturated heterocycles. The van der Waals surface area contributed by atoms with Crippen LogP contribution in [-0.2, 0) is 9.59 Å². The highest BCUT2D eigenvalue weighted by Crippen LogP contribution is 2.47. The molecular weight excluding hydrogens is 252 g/mol. The lowest BCUT2D eigenvalue weighted by Gasteiger charge is -2.51. The van der Waals surface area contributed by atoms with Gasteiger partial charge in [-0.2, -0.15) is 0 Å². The summed E-state index contributed by atoms with van der Waals surface area (Å²) in [5.41, 5.74) is -0.592. The summed E-state index contributed by atoms with van der Waals surface area (Å²) in [6.07, 6.45) is 8.63. The molecule has 1 heterocycles. The van der Waals surface area contributed by atoms with E-state index >= 15 is 0 Å². The molecule has 2 aliphatic carbocycles. The minimum atomic E-state index is -0.592. The molecule has 2 amide bonds. The van der Waals surface area contributed by atoms with E-state index in [0.717, 1.165) is 25.7 Å². The second kappa shape index (κ2) is 5.05. The van der Waals surface area contributed by atoms with Crippen LogP contribution in [0.5, 0.6) is 0 Å². The monoisotopic (exact) mass is 278 g/mol. The van der Waals surface area contributed by atoms with Gasteiger partial charge in [-0.05, 0) is 44.9 Å². The summed E-state index contributed by atoms with van der Waals surface area (Å²) in [5, 5.41) is 2.97. The van der Waals surface area contributed by atoms with Crippen LogP contribution in [0.4, 0.5) is 0 Å². The molecule has 0 bridgehead atoms. The molecule has 1 aliphatic heterocycles. The molecule has 1 N–H and O–H groups in total. The van der Waals surface area contributed by atoms with Gasteiger partial charge in [-0.1, -0.05) is 26.2 Å². The Bertz CT molecular complexity index is 413. The zero-order chi connectivity index (χ0) is 14.3. The number of hydrogen-bond acceptors (Lipinski definition) is 2. The summed E-state index contributed by atoms with van der Waals surface area (Å²) in [6.45, 7) is 3.97. The average Bonchev–Trinajstić information content (AvgIpc) is 3.29. The molecule has 4 nitrogen and oxygen atoms in total. The molecule has 0 spiro atoms. The molecule has 0 radical (unpaired) electrons. The standard InChI is InChI=1S/C16H26N2O2/c1-3-13-14(19)18(12-7-5-4-6-8-12)16(2,11-9-10-11)15(20)17-13/h11-13H,3-10H2,1-2H3,(H,17,20). The Labute approximate surface area is 121 Å². The van der Waals surface area contributed by atoms with Crippen LogP contribution in [-0.4, -0.2) is 34.3 Å². The lowest BCUT2D eigenvalue weighted by atomic mass is 9.82. The van der Waals surface area contributed by atoms with E-state index < -0.39 is 5.54 Å². The van der Waals surface area contributed by atoms with Crippen LogP contribution < -0.4 is 5.32 Å². The fourth-order valence-corrected chi connectivity index (χ4v) is 4.07. The number of piperazine rings is 1. The third-order valence-corrected chi connectivity index (χ3v) is 5.52. The predicted molar refractivity (Wildman–Crippen MR) is 77.1 cm³/mol. The van der Waals surface area contributed by atoms with E-state index in [1.807, 2.05) is 18.7 Å². The van der Waals surface area contributed by atoms with Gasteiger partial charge in [0.05, 0.1) is 0 Å². The van der Waals surface area contributed by atoms with Crippen molar-refractivity contribution in [3.63, 3.8) is 0 Å². The molecule has 3 aliphatic rings. The quantitative estimate of drug-likeness (QED) is 0.860. The minimum Gasteiger partial charge on any atom is -0.342 e. The Morgan fingerprint density at radius 1 is 1.15 bits per heavy atom. The third kappa shape index (κ3) is 2.04. The first-order valence-electron chi connectivity index (χ1n) is 8.23. The average molecular weight is 278 g/mol. The first-order chi connectivity index (χ1) is 9.59. The van der Waals surface area contributed by atoms with Crippen LogP contribution in [0.15, 0.2) is 0 Å². The summed E-state index contributed by atoms with van der Waals surface area (Å²) < 4.78 is 0. The predicted octanol–water partition coefficient (Wildman–Crippen LogP) is 2.22. The SMILES string of the molecule is CCC1NC(=O)C(C)(C2CC2)N(C2CCCCC2)C1=O. The molecule has 2 saturated carbocycles. The van der Waals surface area contributed by atoms with E-state index in [-0.39, 0.29) is 23.9 Å². The third-order valence-electron chi connectivity index (χ3n) is 5.52. The molecule has 0 aromatic rings. The maximum Gasteiger partial charge on any atom is 0.246 e. The van der Waals surface area contributed by atoms with Gasteiger partial charge in [-0.15, -0.1) is 0 Å². The molecule has 0 aromatic carbocycles. The largest absolute Gasteiger partial charge is 0.342 e. The number of carbonyl (C=O) groups is 2. The van der Waals surface area contributed by atoms with E-state index in [1.165, 1.54) is 19.3 Å². The number of rotatable bonds is 3. The van der Waals surface area contributed by atoms with Gasteiger partial charge >= 0.3 is 0 Å². The van der Waals surface area contributed by atoms with E-state index in [9.17, 15) is 9.59 Å². The zero-order valence-corrected chi connectivity index (χ0v) is 12.7. The van der Waals surface area contributed by atoms with Crippen LogP contribution in [0.1, 0.15) is 65.2 Å². The Morgan fingerprint density at radius 2 is 1.80 bits per heavy atom. The Morgan fingerprint density at radius 3 is 2.35 bits per heavy atom. The topological polar surface area (TPSA) is 49.4 Å². The Balaban J connectivity index is 1.93. The summed E-state index contributed by atoms with van der Waals surface area (Å²) in [4.78, 5) is 27.5. The highest BCUT2D eigenvalue weighted by molar-refractivity contribution is 6.00. The first-order valence-corrected chi connectivity index (χ1v) is 8.23. The molecule has 112 valence electrons.